The van der Waals surface area contributed by atoms with Gasteiger partial charge in [-0.05, 0) is 26.0 Å². The van der Waals surface area contributed by atoms with Crippen LogP contribution in [0.1, 0.15) is 20.3 Å². The van der Waals surface area contributed by atoms with Gasteiger partial charge >= 0.3 is 5.97 Å². The minimum Gasteiger partial charge on any atom is -0.480 e. The second-order valence-corrected chi connectivity index (χ2v) is 4.41. The summed E-state index contributed by atoms with van der Waals surface area (Å²) in [7, 11) is 0. The molecule has 76 valence electrons. The van der Waals surface area contributed by atoms with E-state index in [9.17, 15) is 4.79 Å². The molecule has 0 amide bonds. The number of thioether (sulfide) groups is 1. The number of carboxylic acids is 1. The van der Waals surface area contributed by atoms with Gasteiger partial charge in [-0.15, -0.1) is 0 Å². The molecule has 0 aliphatic carbocycles. The predicted molar refractivity (Wildman–Crippen MR) is 55.6 cm³/mol. The number of carbonyl (C=O) groups is 1. The summed E-state index contributed by atoms with van der Waals surface area (Å²) < 4.78 is 0. The summed E-state index contributed by atoms with van der Waals surface area (Å²) in [6.45, 7) is 3.24. The van der Waals surface area contributed by atoms with E-state index in [1.54, 1.807) is 6.92 Å². The summed E-state index contributed by atoms with van der Waals surface area (Å²) in [5.74, 6) is 0.164. The molecule has 0 radical (unpaired) electrons. The van der Waals surface area contributed by atoms with Crippen LogP contribution in [-0.2, 0) is 4.79 Å². The van der Waals surface area contributed by atoms with E-state index in [-0.39, 0.29) is 0 Å². The number of aliphatic carboxylic acids is 1. The van der Waals surface area contributed by atoms with Gasteiger partial charge in [-0.25, -0.2) is 0 Å². The van der Waals surface area contributed by atoms with Crippen molar-refractivity contribution < 1.29 is 9.90 Å². The molecule has 0 fully saturated rings. The van der Waals surface area contributed by atoms with Gasteiger partial charge < -0.3 is 16.2 Å². The van der Waals surface area contributed by atoms with Gasteiger partial charge in [-0.3, -0.25) is 4.79 Å². The van der Waals surface area contributed by atoms with Crippen LogP contribution in [0.2, 0.25) is 0 Å². The van der Waals surface area contributed by atoms with Gasteiger partial charge in [0.25, 0.3) is 0 Å². The summed E-state index contributed by atoms with van der Waals surface area (Å²) in [6, 6.07) is 0. The fourth-order valence-corrected chi connectivity index (χ4v) is 1.71. The standard InChI is InChI=1S/C8H16N2O2S/c1-6(9)3-4-13-5-8(2,10)7(11)12/h9H,3-5,10H2,1-2H3,(H,11,12). The molecular weight excluding hydrogens is 188 g/mol. The zero-order chi connectivity index (χ0) is 10.5. The van der Waals surface area contributed by atoms with E-state index in [1.807, 2.05) is 0 Å². The molecule has 4 nitrogen and oxygen atoms in total. The maximum atomic E-state index is 10.6. The Kier molecular flexibility index (Phi) is 5.02. The molecule has 0 spiro atoms. The van der Waals surface area contributed by atoms with Crippen molar-refractivity contribution in [3.63, 3.8) is 0 Å². The number of carboxylic acid groups (broad SMARTS) is 1. The summed E-state index contributed by atoms with van der Waals surface area (Å²) in [4.78, 5) is 10.6. The van der Waals surface area contributed by atoms with Crippen molar-refractivity contribution in [1.29, 1.82) is 5.41 Å². The Morgan fingerprint density at radius 1 is 1.69 bits per heavy atom. The molecule has 0 aromatic rings. The SMILES string of the molecule is CC(=N)CCSCC(C)(N)C(=O)O. The van der Waals surface area contributed by atoms with Gasteiger partial charge in [0.05, 0.1) is 0 Å². The average molecular weight is 204 g/mol. The number of hydrogen-bond acceptors (Lipinski definition) is 4. The van der Waals surface area contributed by atoms with Crippen LogP contribution in [0.5, 0.6) is 0 Å². The Bertz CT molecular complexity index is 204. The average Bonchev–Trinajstić information content (AvgIpc) is 1.97. The van der Waals surface area contributed by atoms with Crippen molar-refractivity contribution in [3.8, 4) is 0 Å². The first kappa shape index (κ1) is 12.4. The molecule has 0 saturated carbocycles. The third-order valence-electron chi connectivity index (χ3n) is 1.51. The molecule has 0 aliphatic rings. The zero-order valence-electron chi connectivity index (χ0n) is 7.96. The topological polar surface area (TPSA) is 87.2 Å². The van der Waals surface area contributed by atoms with Crippen molar-refractivity contribution in [3.05, 3.63) is 0 Å². The van der Waals surface area contributed by atoms with Crippen molar-refractivity contribution >= 4 is 23.4 Å². The first-order valence-electron chi connectivity index (χ1n) is 4.00. The van der Waals surface area contributed by atoms with Crippen LogP contribution >= 0.6 is 11.8 Å². The summed E-state index contributed by atoms with van der Waals surface area (Å²) in [5.41, 5.74) is 4.96. The van der Waals surface area contributed by atoms with Gasteiger partial charge in [0, 0.05) is 11.5 Å². The highest BCUT2D eigenvalue weighted by Gasteiger charge is 2.27. The predicted octanol–water partition coefficient (Wildman–Crippen LogP) is 0.951. The first-order valence-corrected chi connectivity index (χ1v) is 5.16. The van der Waals surface area contributed by atoms with Crippen molar-refractivity contribution in [2.45, 2.75) is 25.8 Å². The van der Waals surface area contributed by atoms with Crippen LogP contribution in [0.3, 0.4) is 0 Å². The minimum atomic E-state index is -1.15. The zero-order valence-corrected chi connectivity index (χ0v) is 8.78. The lowest BCUT2D eigenvalue weighted by atomic mass is 10.1. The number of rotatable bonds is 6. The first-order chi connectivity index (χ1) is 5.86. The Labute approximate surface area is 82.4 Å². The normalized spacial score (nSPS) is 15.0. The molecular formula is C8H16N2O2S. The van der Waals surface area contributed by atoms with Crippen LogP contribution in [0.4, 0.5) is 0 Å². The fraction of sp³-hybridized carbons (Fsp3) is 0.750. The van der Waals surface area contributed by atoms with E-state index in [2.05, 4.69) is 0 Å². The molecule has 5 heteroatoms. The van der Waals surface area contributed by atoms with Crippen LogP contribution in [0, 0.1) is 5.41 Å². The van der Waals surface area contributed by atoms with E-state index in [0.29, 0.717) is 17.9 Å². The summed E-state index contributed by atoms with van der Waals surface area (Å²) in [5, 5.41) is 15.8. The van der Waals surface area contributed by atoms with Crippen LogP contribution in [0.15, 0.2) is 0 Å². The summed E-state index contributed by atoms with van der Waals surface area (Å²) >= 11 is 1.47. The monoisotopic (exact) mass is 204 g/mol. The lowest BCUT2D eigenvalue weighted by molar-refractivity contribution is -0.141. The lowest BCUT2D eigenvalue weighted by Gasteiger charge is -2.17. The number of hydrogen-bond donors (Lipinski definition) is 3. The van der Waals surface area contributed by atoms with Crippen LogP contribution < -0.4 is 5.73 Å². The maximum absolute atomic E-state index is 10.6. The Balaban J connectivity index is 3.64. The quantitative estimate of drug-likeness (QED) is 0.444. The van der Waals surface area contributed by atoms with Crippen molar-refractivity contribution in [2.75, 3.05) is 11.5 Å². The van der Waals surface area contributed by atoms with Crippen LogP contribution in [0.25, 0.3) is 0 Å². The maximum Gasteiger partial charge on any atom is 0.324 e. The fourth-order valence-electron chi connectivity index (χ4n) is 0.571. The van der Waals surface area contributed by atoms with E-state index in [1.165, 1.54) is 18.7 Å². The summed E-state index contributed by atoms with van der Waals surface area (Å²) in [6.07, 6.45) is 0.695. The second-order valence-electron chi connectivity index (χ2n) is 3.31. The Morgan fingerprint density at radius 2 is 2.23 bits per heavy atom. The van der Waals surface area contributed by atoms with Crippen LogP contribution in [-0.4, -0.2) is 33.8 Å². The van der Waals surface area contributed by atoms with Crippen molar-refractivity contribution in [1.82, 2.24) is 0 Å². The van der Waals surface area contributed by atoms with E-state index >= 15 is 0 Å². The molecule has 4 N–H and O–H groups in total. The Hall–Kier alpha value is -0.550. The molecule has 1 unspecified atom stereocenters. The molecule has 0 aromatic carbocycles. The third kappa shape index (κ3) is 5.65. The molecule has 0 heterocycles. The minimum absolute atomic E-state index is 0.385. The van der Waals surface area contributed by atoms with Gasteiger partial charge in [0.2, 0.25) is 0 Å². The smallest absolute Gasteiger partial charge is 0.324 e. The largest absolute Gasteiger partial charge is 0.480 e. The molecule has 0 aliphatic heterocycles. The Morgan fingerprint density at radius 3 is 2.62 bits per heavy atom. The second kappa shape index (κ2) is 5.24. The molecule has 0 rings (SSSR count). The highest BCUT2D eigenvalue weighted by molar-refractivity contribution is 7.99. The van der Waals surface area contributed by atoms with Gasteiger partial charge in [-0.2, -0.15) is 11.8 Å². The van der Waals surface area contributed by atoms with E-state index < -0.39 is 11.5 Å². The van der Waals surface area contributed by atoms with Crippen molar-refractivity contribution in [2.24, 2.45) is 5.73 Å². The highest BCUT2D eigenvalue weighted by atomic mass is 32.2. The molecule has 1 atom stereocenters. The van der Waals surface area contributed by atoms with Gasteiger partial charge in [0.1, 0.15) is 5.54 Å². The van der Waals surface area contributed by atoms with E-state index in [0.717, 1.165) is 5.75 Å². The van der Waals surface area contributed by atoms with Gasteiger partial charge in [-0.1, -0.05) is 0 Å². The number of nitrogens with one attached hydrogen (secondary N) is 1. The van der Waals surface area contributed by atoms with Gasteiger partial charge in [0.15, 0.2) is 0 Å². The number of nitrogens with two attached hydrogens (primary N) is 1. The molecule has 13 heavy (non-hydrogen) atoms. The molecule has 0 aromatic heterocycles. The van der Waals surface area contributed by atoms with E-state index in [4.69, 9.17) is 16.2 Å². The molecule has 0 saturated heterocycles. The molecule has 0 bridgehead atoms. The lowest BCUT2D eigenvalue weighted by Crippen LogP contribution is -2.47. The third-order valence-corrected chi connectivity index (χ3v) is 2.81. The highest BCUT2D eigenvalue weighted by Crippen LogP contribution is 2.11.